The van der Waals surface area contributed by atoms with Gasteiger partial charge in [0.05, 0.1) is 16.6 Å². The van der Waals surface area contributed by atoms with Crippen LogP contribution in [0.1, 0.15) is 63.0 Å². The molecule has 5 rings (SSSR count). The average Bonchev–Trinajstić information content (AvgIpc) is 3.35. The predicted octanol–water partition coefficient (Wildman–Crippen LogP) is 8.07. The van der Waals surface area contributed by atoms with Gasteiger partial charge in [-0.3, -0.25) is 4.79 Å². The Kier molecular flexibility index (Phi) is 9.23. The molecule has 214 valence electrons. The van der Waals surface area contributed by atoms with Crippen LogP contribution in [0.2, 0.25) is 0 Å². The quantitative estimate of drug-likeness (QED) is 0.116. The van der Waals surface area contributed by atoms with E-state index in [0.29, 0.717) is 29.8 Å². The Morgan fingerprint density at radius 3 is 2.33 bits per heavy atom. The van der Waals surface area contributed by atoms with Gasteiger partial charge in [-0.05, 0) is 77.5 Å². The van der Waals surface area contributed by atoms with Crippen molar-refractivity contribution in [2.75, 3.05) is 5.75 Å². The smallest absolute Gasteiger partial charge is 0.336 e. The maximum atomic E-state index is 13.5. The zero-order valence-corrected chi connectivity index (χ0v) is 25.0. The zero-order chi connectivity index (χ0) is 29.6. The molecule has 1 heterocycles. The lowest BCUT2D eigenvalue weighted by Gasteiger charge is -2.15. The van der Waals surface area contributed by atoms with Crippen LogP contribution >= 0.6 is 12.6 Å². The van der Waals surface area contributed by atoms with Gasteiger partial charge in [0.15, 0.2) is 5.78 Å². The summed E-state index contributed by atoms with van der Waals surface area (Å²) < 4.78 is 2.23. The molecule has 0 unspecified atom stereocenters. The lowest BCUT2D eigenvalue weighted by atomic mass is 9.93. The van der Waals surface area contributed by atoms with Crippen LogP contribution in [-0.2, 0) is 19.4 Å². The molecule has 0 bridgehead atoms. The molecular weight excluding hydrogens is 540 g/mol. The number of carbonyl (C=O) groups is 2. The molecule has 4 aromatic carbocycles. The predicted molar refractivity (Wildman–Crippen MR) is 173 cm³/mol. The van der Waals surface area contributed by atoms with Gasteiger partial charge in [0, 0.05) is 24.9 Å². The van der Waals surface area contributed by atoms with E-state index in [1.165, 1.54) is 5.56 Å². The zero-order valence-electron chi connectivity index (χ0n) is 24.1. The summed E-state index contributed by atoms with van der Waals surface area (Å²) in [6.45, 7) is 4.78. The third-order valence-electron chi connectivity index (χ3n) is 7.78. The summed E-state index contributed by atoms with van der Waals surface area (Å²) in [7, 11) is 0. The molecule has 42 heavy (non-hydrogen) atoms. The van der Waals surface area contributed by atoms with Crippen molar-refractivity contribution in [2.45, 2.75) is 46.1 Å². The number of aromatic nitrogens is 2. The minimum absolute atomic E-state index is 0.126. The number of carbonyl (C=O) groups excluding carboxylic acids is 1. The van der Waals surface area contributed by atoms with Crippen LogP contribution in [0.15, 0.2) is 91.0 Å². The summed E-state index contributed by atoms with van der Waals surface area (Å²) >= 11 is 4.56. The fraction of sp³-hybridized carbons (Fsp3) is 0.250. The first-order valence-corrected chi connectivity index (χ1v) is 15.1. The maximum Gasteiger partial charge on any atom is 0.336 e. The number of hydrogen-bond acceptors (Lipinski definition) is 4. The first kappa shape index (κ1) is 29.3. The van der Waals surface area contributed by atoms with Crippen LogP contribution in [0.4, 0.5) is 0 Å². The second-order valence-corrected chi connectivity index (χ2v) is 11.3. The monoisotopic (exact) mass is 576 g/mol. The largest absolute Gasteiger partial charge is 0.478 e. The van der Waals surface area contributed by atoms with Crippen molar-refractivity contribution < 1.29 is 14.7 Å². The summed E-state index contributed by atoms with van der Waals surface area (Å²) in [5.74, 6) is 0.988. The molecule has 0 saturated carbocycles. The fourth-order valence-electron chi connectivity index (χ4n) is 5.61. The molecule has 6 heteroatoms. The summed E-state index contributed by atoms with van der Waals surface area (Å²) in [5, 5.41) is 9.61. The molecule has 0 amide bonds. The van der Waals surface area contributed by atoms with Crippen molar-refractivity contribution in [2.24, 2.45) is 5.92 Å². The van der Waals surface area contributed by atoms with Crippen molar-refractivity contribution >= 4 is 35.4 Å². The van der Waals surface area contributed by atoms with Crippen molar-refractivity contribution in [1.82, 2.24) is 9.55 Å². The standard InChI is InChI=1S/C36H36N2O3S/c1-3-9-34-37-35-24(2)18-29(33(39)20-27(23-42)19-25-10-5-4-6-11-25)21-32(35)38(34)22-26-14-16-28(17-15-26)30-12-7-8-13-31(30)36(40)41/h4-8,10-18,21,27,42H,3,9,19-20,22-23H2,1-2H3,(H,40,41)/t27-/m0/s1. The summed E-state index contributed by atoms with van der Waals surface area (Å²) in [4.78, 5) is 30.3. The van der Waals surface area contributed by atoms with E-state index >= 15 is 0 Å². The number of ketones is 1. The Morgan fingerprint density at radius 1 is 0.929 bits per heavy atom. The van der Waals surface area contributed by atoms with E-state index in [1.54, 1.807) is 12.1 Å². The SMILES string of the molecule is CCCc1nc2c(C)cc(C(=O)C[C@@H](CS)Cc3ccccc3)cc2n1Cc1ccc(-c2ccccc2C(=O)O)cc1. The third kappa shape index (κ3) is 6.50. The van der Waals surface area contributed by atoms with E-state index in [-0.39, 0.29) is 17.3 Å². The van der Waals surface area contributed by atoms with Gasteiger partial charge in [0.1, 0.15) is 5.82 Å². The van der Waals surface area contributed by atoms with Crippen molar-refractivity contribution in [1.29, 1.82) is 0 Å². The molecule has 5 aromatic rings. The summed E-state index contributed by atoms with van der Waals surface area (Å²) in [6, 6.07) is 29.3. The molecule has 5 nitrogen and oxygen atoms in total. The van der Waals surface area contributed by atoms with Crippen LogP contribution in [-0.4, -0.2) is 32.2 Å². The lowest BCUT2D eigenvalue weighted by molar-refractivity contribution is 0.0697. The Labute approximate surface area is 252 Å². The van der Waals surface area contributed by atoms with Crippen LogP contribution in [0, 0.1) is 12.8 Å². The Bertz CT molecular complexity index is 1710. The highest BCUT2D eigenvalue weighted by Gasteiger charge is 2.19. The molecule has 0 aliphatic heterocycles. The van der Waals surface area contributed by atoms with E-state index in [4.69, 9.17) is 4.98 Å². The summed E-state index contributed by atoms with van der Waals surface area (Å²) in [5.41, 5.74) is 7.74. The molecule has 1 atom stereocenters. The number of thiol groups is 1. The molecule has 1 N–H and O–H groups in total. The normalized spacial score (nSPS) is 12.0. The van der Waals surface area contributed by atoms with Crippen LogP contribution in [0.3, 0.4) is 0 Å². The fourth-order valence-corrected chi connectivity index (χ4v) is 5.87. The minimum Gasteiger partial charge on any atom is -0.478 e. The molecule has 0 fully saturated rings. The number of imidazole rings is 1. The molecule has 0 aliphatic carbocycles. The van der Waals surface area contributed by atoms with Gasteiger partial charge in [-0.1, -0.05) is 79.7 Å². The Balaban J connectivity index is 1.44. The number of rotatable bonds is 12. The van der Waals surface area contributed by atoms with E-state index < -0.39 is 5.97 Å². The number of aryl methyl sites for hydroxylation is 2. The number of benzene rings is 4. The second-order valence-electron chi connectivity index (χ2n) is 10.9. The van der Waals surface area contributed by atoms with Crippen molar-refractivity contribution in [3.05, 3.63) is 125 Å². The number of carboxylic acids is 1. The number of nitrogens with zero attached hydrogens (tertiary/aromatic N) is 2. The van der Waals surface area contributed by atoms with Gasteiger partial charge in [0.2, 0.25) is 0 Å². The molecule has 0 aliphatic rings. The third-order valence-corrected chi connectivity index (χ3v) is 8.30. The molecule has 0 radical (unpaired) electrons. The van der Waals surface area contributed by atoms with E-state index in [9.17, 15) is 14.7 Å². The van der Waals surface area contributed by atoms with Crippen molar-refractivity contribution in [3.8, 4) is 11.1 Å². The number of Topliss-reactive ketones (excluding diaryl/α,β-unsaturated/α-hetero) is 1. The van der Waals surface area contributed by atoms with Crippen LogP contribution in [0.25, 0.3) is 22.2 Å². The van der Waals surface area contributed by atoms with Crippen LogP contribution < -0.4 is 0 Å². The van der Waals surface area contributed by atoms with Gasteiger partial charge in [-0.2, -0.15) is 12.6 Å². The van der Waals surface area contributed by atoms with Gasteiger partial charge in [-0.15, -0.1) is 0 Å². The molecule has 1 aromatic heterocycles. The average molecular weight is 577 g/mol. The summed E-state index contributed by atoms with van der Waals surface area (Å²) in [6.07, 6.45) is 3.06. The number of hydrogen-bond donors (Lipinski definition) is 2. The second kappa shape index (κ2) is 13.2. The topological polar surface area (TPSA) is 72.2 Å². The van der Waals surface area contributed by atoms with E-state index in [0.717, 1.165) is 52.8 Å². The molecular formula is C36H36N2O3S. The lowest BCUT2D eigenvalue weighted by Crippen LogP contribution is -2.13. The van der Waals surface area contributed by atoms with Gasteiger partial charge >= 0.3 is 5.97 Å². The first-order valence-electron chi connectivity index (χ1n) is 14.5. The van der Waals surface area contributed by atoms with Crippen molar-refractivity contribution in [3.63, 3.8) is 0 Å². The van der Waals surface area contributed by atoms with Gasteiger partial charge in [-0.25, -0.2) is 9.78 Å². The molecule has 0 saturated heterocycles. The van der Waals surface area contributed by atoms with Crippen LogP contribution in [0.5, 0.6) is 0 Å². The highest BCUT2D eigenvalue weighted by Crippen LogP contribution is 2.28. The van der Waals surface area contributed by atoms with Gasteiger partial charge in [0.25, 0.3) is 0 Å². The first-order chi connectivity index (χ1) is 20.4. The Morgan fingerprint density at radius 2 is 1.64 bits per heavy atom. The van der Waals surface area contributed by atoms with E-state index in [1.807, 2.05) is 73.7 Å². The molecule has 0 spiro atoms. The minimum atomic E-state index is -0.940. The highest BCUT2D eigenvalue weighted by molar-refractivity contribution is 7.80. The maximum absolute atomic E-state index is 13.5. The van der Waals surface area contributed by atoms with E-state index in [2.05, 4.69) is 36.3 Å². The number of aromatic carboxylic acids is 1. The number of carboxylic acid groups (broad SMARTS) is 1. The number of fused-ring (bicyclic) bond motifs is 1. The van der Waals surface area contributed by atoms with Gasteiger partial charge < -0.3 is 9.67 Å². The highest BCUT2D eigenvalue weighted by atomic mass is 32.1. The Hall–Kier alpha value is -4.16.